The molecule has 4 nitrogen and oxygen atoms in total. The van der Waals surface area contributed by atoms with Gasteiger partial charge in [0.05, 0.1) is 6.10 Å². The summed E-state index contributed by atoms with van der Waals surface area (Å²) in [6, 6.07) is 0. The standard InChI is InChI=1S/C11H19N3OS/c1-2-10-13-11(16-14-10)12-7-6-9-5-3-4-8-15-9/h9H,2-8H2,1H3,(H,12,13,14). The van der Waals surface area contributed by atoms with E-state index in [1.54, 1.807) is 0 Å². The maximum atomic E-state index is 5.67. The van der Waals surface area contributed by atoms with Gasteiger partial charge in [0.1, 0.15) is 5.82 Å². The molecule has 1 unspecified atom stereocenters. The highest BCUT2D eigenvalue weighted by Crippen LogP contribution is 2.16. The van der Waals surface area contributed by atoms with Gasteiger partial charge in [0, 0.05) is 31.1 Å². The van der Waals surface area contributed by atoms with Gasteiger partial charge in [-0.15, -0.1) is 0 Å². The van der Waals surface area contributed by atoms with Crippen LogP contribution in [-0.2, 0) is 11.2 Å². The van der Waals surface area contributed by atoms with E-state index in [4.69, 9.17) is 4.74 Å². The quantitative estimate of drug-likeness (QED) is 0.860. The SMILES string of the molecule is CCc1nsc(NCCC2CCCCO2)n1. The monoisotopic (exact) mass is 241 g/mol. The number of nitrogens with one attached hydrogen (secondary N) is 1. The summed E-state index contributed by atoms with van der Waals surface area (Å²) >= 11 is 1.45. The average Bonchev–Trinajstić information content (AvgIpc) is 2.78. The molecule has 1 fully saturated rings. The van der Waals surface area contributed by atoms with Crippen LogP contribution in [0.2, 0.25) is 0 Å². The molecule has 16 heavy (non-hydrogen) atoms. The zero-order valence-corrected chi connectivity index (χ0v) is 10.6. The highest BCUT2D eigenvalue weighted by molar-refractivity contribution is 7.09. The Hall–Kier alpha value is -0.680. The van der Waals surface area contributed by atoms with Gasteiger partial charge >= 0.3 is 0 Å². The van der Waals surface area contributed by atoms with Gasteiger partial charge in [-0.3, -0.25) is 0 Å². The van der Waals surface area contributed by atoms with Gasteiger partial charge in [0.2, 0.25) is 5.13 Å². The number of hydrogen-bond acceptors (Lipinski definition) is 5. The molecule has 1 atom stereocenters. The zero-order valence-electron chi connectivity index (χ0n) is 9.74. The molecule has 0 amide bonds. The zero-order chi connectivity index (χ0) is 11.2. The van der Waals surface area contributed by atoms with Crippen LogP contribution in [0.15, 0.2) is 0 Å². The van der Waals surface area contributed by atoms with Gasteiger partial charge in [0.25, 0.3) is 0 Å². The van der Waals surface area contributed by atoms with Gasteiger partial charge < -0.3 is 10.1 Å². The second kappa shape index (κ2) is 6.15. The lowest BCUT2D eigenvalue weighted by Gasteiger charge is -2.22. The van der Waals surface area contributed by atoms with Gasteiger partial charge in [-0.2, -0.15) is 4.37 Å². The third-order valence-electron chi connectivity index (χ3n) is 2.80. The largest absolute Gasteiger partial charge is 0.378 e. The molecule has 2 rings (SSSR count). The van der Waals surface area contributed by atoms with Crippen molar-refractivity contribution in [3.05, 3.63) is 5.82 Å². The minimum Gasteiger partial charge on any atom is -0.378 e. The second-order valence-corrected chi connectivity index (χ2v) is 4.83. The van der Waals surface area contributed by atoms with Crippen LogP contribution in [0.4, 0.5) is 5.13 Å². The molecule has 5 heteroatoms. The Balaban J connectivity index is 1.66. The summed E-state index contributed by atoms with van der Waals surface area (Å²) in [5, 5.41) is 4.25. The van der Waals surface area contributed by atoms with Crippen LogP contribution in [0.3, 0.4) is 0 Å². The lowest BCUT2D eigenvalue weighted by molar-refractivity contribution is 0.0134. The molecule has 0 bridgehead atoms. The number of ether oxygens (including phenoxy) is 1. The fraction of sp³-hybridized carbons (Fsp3) is 0.818. The normalized spacial score (nSPS) is 20.9. The first-order valence-electron chi connectivity index (χ1n) is 6.06. The molecule has 1 N–H and O–H groups in total. The lowest BCUT2D eigenvalue weighted by Crippen LogP contribution is -2.21. The Labute approximate surface area is 101 Å². The van der Waals surface area contributed by atoms with E-state index in [-0.39, 0.29) is 0 Å². The van der Waals surface area contributed by atoms with Crippen molar-refractivity contribution in [2.24, 2.45) is 0 Å². The molecule has 1 saturated heterocycles. The Morgan fingerprint density at radius 3 is 3.12 bits per heavy atom. The first-order chi connectivity index (χ1) is 7.88. The third-order valence-corrected chi connectivity index (χ3v) is 3.51. The number of rotatable bonds is 5. The molecule has 0 spiro atoms. The molecule has 1 aromatic heterocycles. The summed E-state index contributed by atoms with van der Waals surface area (Å²) in [6.45, 7) is 3.94. The minimum atomic E-state index is 0.444. The van der Waals surface area contributed by atoms with Crippen LogP contribution in [0.1, 0.15) is 38.4 Å². The van der Waals surface area contributed by atoms with Crippen LogP contribution < -0.4 is 5.32 Å². The minimum absolute atomic E-state index is 0.444. The molecule has 0 aromatic carbocycles. The van der Waals surface area contributed by atoms with Crippen molar-refractivity contribution < 1.29 is 4.74 Å². The van der Waals surface area contributed by atoms with Gasteiger partial charge in [-0.1, -0.05) is 6.92 Å². The number of anilines is 1. The fourth-order valence-corrected chi connectivity index (χ4v) is 2.52. The molecule has 1 aromatic rings. The molecule has 0 radical (unpaired) electrons. The van der Waals surface area contributed by atoms with Crippen LogP contribution in [-0.4, -0.2) is 28.6 Å². The summed E-state index contributed by atoms with van der Waals surface area (Å²) in [6.07, 6.45) is 6.16. The van der Waals surface area contributed by atoms with Crippen LogP contribution in [0.5, 0.6) is 0 Å². The third kappa shape index (κ3) is 3.42. The van der Waals surface area contributed by atoms with Crippen LogP contribution in [0.25, 0.3) is 0 Å². The van der Waals surface area contributed by atoms with E-state index in [0.717, 1.165) is 36.9 Å². The van der Waals surface area contributed by atoms with E-state index in [2.05, 4.69) is 21.6 Å². The number of aryl methyl sites for hydroxylation is 1. The Morgan fingerprint density at radius 2 is 2.44 bits per heavy atom. The molecule has 2 heterocycles. The lowest BCUT2D eigenvalue weighted by atomic mass is 10.1. The van der Waals surface area contributed by atoms with E-state index < -0.39 is 0 Å². The van der Waals surface area contributed by atoms with Gasteiger partial charge in [-0.25, -0.2) is 4.98 Å². The van der Waals surface area contributed by atoms with E-state index in [0.29, 0.717) is 6.10 Å². The van der Waals surface area contributed by atoms with E-state index in [1.807, 2.05) is 0 Å². The van der Waals surface area contributed by atoms with Crippen molar-refractivity contribution >= 4 is 16.7 Å². The highest BCUT2D eigenvalue weighted by atomic mass is 32.1. The summed E-state index contributed by atoms with van der Waals surface area (Å²) in [5.74, 6) is 0.932. The smallest absolute Gasteiger partial charge is 0.202 e. The fourth-order valence-electron chi connectivity index (χ4n) is 1.84. The van der Waals surface area contributed by atoms with Crippen molar-refractivity contribution in [2.45, 2.75) is 45.1 Å². The molecule has 90 valence electrons. The van der Waals surface area contributed by atoms with Crippen molar-refractivity contribution in [1.82, 2.24) is 9.36 Å². The first-order valence-corrected chi connectivity index (χ1v) is 6.84. The van der Waals surface area contributed by atoms with E-state index in [9.17, 15) is 0 Å². The first kappa shape index (κ1) is 11.8. The molecular weight excluding hydrogens is 222 g/mol. The predicted octanol–water partition coefficient (Wildman–Crippen LogP) is 2.47. The Morgan fingerprint density at radius 1 is 1.50 bits per heavy atom. The average molecular weight is 241 g/mol. The molecule has 1 aliphatic heterocycles. The molecule has 1 aliphatic rings. The van der Waals surface area contributed by atoms with Crippen molar-refractivity contribution in [1.29, 1.82) is 0 Å². The maximum Gasteiger partial charge on any atom is 0.202 e. The van der Waals surface area contributed by atoms with Gasteiger partial charge in [0.15, 0.2) is 0 Å². The molecular formula is C11H19N3OS. The summed E-state index contributed by atoms with van der Waals surface area (Å²) in [7, 11) is 0. The summed E-state index contributed by atoms with van der Waals surface area (Å²) < 4.78 is 9.91. The number of hydrogen-bond donors (Lipinski definition) is 1. The second-order valence-electron chi connectivity index (χ2n) is 4.07. The Kier molecular flexibility index (Phi) is 4.54. The highest BCUT2D eigenvalue weighted by Gasteiger charge is 2.13. The van der Waals surface area contributed by atoms with E-state index in [1.165, 1.54) is 30.8 Å². The van der Waals surface area contributed by atoms with Crippen molar-refractivity contribution in [2.75, 3.05) is 18.5 Å². The molecule has 0 saturated carbocycles. The van der Waals surface area contributed by atoms with Crippen molar-refractivity contribution in [3.63, 3.8) is 0 Å². The molecule has 0 aliphatic carbocycles. The van der Waals surface area contributed by atoms with Crippen molar-refractivity contribution in [3.8, 4) is 0 Å². The summed E-state index contributed by atoms with van der Waals surface area (Å²) in [5.41, 5.74) is 0. The Bertz CT molecular complexity index is 310. The maximum absolute atomic E-state index is 5.67. The number of aromatic nitrogens is 2. The van der Waals surface area contributed by atoms with Crippen LogP contribution >= 0.6 is 11.5 Å². The topological polar surface area (TPSA) is 47.0 Å². The van der Waals surface area contributed by atoms with Gasteiger partial charge in [-0.05, 0) is 25.7 Å². The number of nitrogens with zero attached hydrogens (tertiary/aromatic N) is 2. The van der Waals surface area contributed by atoms with Crippen LogP contribution in [0, 0.1) is 0 Å². The predicted molar refractivity (Wildman–Crippen MR) is 66.0 cm³/mol. The van der Waals surface area contributed by atoms with E-state index >= 15 is 0 Å². The summed E-state index contributed by atoms with van der Waals surface area (Å²) in [4.78, 5) is 4.37.